The molecule has 5 heteroatoms. The van der Waals surface area contributed by atoms with E-state index < -0.39 is 0 Å². The van der Waals surface area contributed by atoms with Crippen LogP contribution in [-0.4, -0.2) is 35.5 Å². The molecular weight excluding hydrogens is 276 g/mol. The Balaban J connectivity index is 1.82. The fourth-order valence-corrected chi connectivity index (χ4v) is 2.76. The number of likely N-dealkylation sites (tertiary alicyclic amines) is 1. The van der Waals surface area contributed by atoms with Gasteiger partial charge in [0.1, 0.15) is 5.75 Å². The number of nitrogens with one attached hydrogen (secondary N) is 1. The highest BCUT2D eigenvalue weighted by Gasteiger charge is 2.20. The second-order valence-electron chi connectivity index (χ2n) is 5.40. The number of halogens is 1. The van der Waals surface area contributed by atoms with Gasteiger partial charge in [0, 0.05) is 25.6 Å². The fourth-order valence-electron chi connectivity index (χ4n) is 2.57. The van der Waals surface area contributed by atoms with Crippen molar-refractivity contribution in [2.45, 2.75) is 26.3 Å². The third kappa shape index (κ3) is 4.12. The largest absolute Gasteiger partial charge is 0.506 e. The molecular formula is C15H21ClN2O2. The number of phenols is 1. The Bertz CT molecular complexity index is 471. The number of hydrogen-bond acceptors (Lipinski definition) is 3. The van der Waals surface area contributed by atoms with Crippen LogP contribution in [-0.2, 0) is 11.3 Å². The molecule has 110 valence electrons. The van der Waals surface area contributed by atoms with Crippen molar-refractivity contribution in [1.82, 2.24) is 10.2 Å². The molecule has 2 N–H and O–H groups in total. The number of carbonyl (C=O) groups is 1. The van der Waals surface area contributed by atoms with E-state index in [2.05, 4.69) is 10.2 Å². The van der Waals surface area contributed by atoms with Crippen molar-refractivity contribution in [3.8, 4) is 5.75 Å². The standard InChI is InChI=1S/C15H21ClN2O2/c1-11(19)17-9-12-5-7-18(8-6-12)10-13-3-2-4-14(16)15(13)20/h2-4,12,20H,5-10H2,1H3,(H,17,19). The average molecular weight is 297 g/mol. The normalized spacial score (nSPS) is 17.1. The number of benzene rings is 1. The molecule has 0 unspecified atom stereocenters. The topological polar surface area (TPSA) is 52.6 Å². The van der Waals surface area contributed by atoms with E-state index in [-0.39, 0.29) is 11.7 Å². The average Bonchev–Trinajstić information content (AvgIpc) is 2.43. The predicted octanol–water partition coefficient (Wildman–Crippen LogP) is 2.39. The van der Waals surface area contributed by atoms with Crippen LogP contribution >= 0.6 is 11.6 Å². The van der Waals surface area contributed by atoms with Crippen LogP contribution in [0.3, 0.4) is 0 Å². The molecule has 0 aromatic heterocycles. The number of carbonyl (C=O) groups excluding carboxylic acids is 1. The monoisotopic (exact) mass is 296 g/mol. The number of aromatic hydroxyl groups is 1. The smallest absolute Gasteiger partial charge is 0.216 e. The van der Waals surface area contributed by atoms with Crippen molar-refractivity contribution < 1.29 is 9.90 Å². The number of hydrogen-bond donors (Lipinski definition) is 2. The molecule has 1 heterocycles. The summed E-state index contributed by atoms with van der Waals surface area (Å²) >= 11 is 5.92. The van der Waals surface area contributed by atoms with Crippen LogP contribution in [0.25, 0.3) is 0 Å². The van der Waals surface area contributed by atoms with Crippen molar-refractivity contribution >= 4 is 17.5 Å². The minimum absolute atomic E-state index is 0.0382. The molecule has 2 rings (SSSR count). The molecule has 1 fully saturated rings. The van der Waals surface area contributed by atoms with Gasteiger partial charge in [-0.3, -0.25) is 9.69 Å². The van der Waals surface area contributed by atoms with Gasteiger partial charge in [-0.15, -0.1) is 0 Å². The maximum absolute atomic E-state index is 10.9. The van der Waals surface area contributed by atoms with Crippen molar-refractivity contribution in [2.75, 3.05) is 19.6 Å². The van der Waals surface area contributed by atoms with Gasteiger partial charge in [0.25, 0.3) is 0 Å². The maximum atomic E-state index is 10.9. The van der Waals surface area contributed by atoms with E-state index >= 15 is 0 Å². The van der Waals surface area contributed by atoms with Gasteiger partial charge in [0.15, 0.2) is 0 Å². The maximum Gasteiger partial charge on any atom is 0.216 e. The predicted molar refractivity (Wildman–Crippen MR) is 79.8 cm³/mol. The van der Waals surface area contributed by atoms with Gasteiger partial charge < -0.3 is 10.4 Å². The molecule has 0 aliphatic carbocycles. The van der Waals surface area contributed by atoms with Crippen molar-refractivity contribution in [3.63, 3.8) is 0 Å². The SMILES string of the molecule is CC(=O)NCC1CCN(Cc2cccc(Cl)c2O)CC1. The summed E-state index contributed by atoms with van der Waals surface area (Å²) in [6, 6.07) is 5.46. The zero-order valence-electron chi connectivity index (χ0n) is 11.7. The number of phenolic OH excluding ortho intramolecular Hbond substituents is 1. The summed E-state index contributed by atoms with van der Waals surface area (Å²) in [5.74, 6) is 0.786. The number of nitrogens with zero attached hydrogens (tertiary/aromatic N) is 1. The van der Waals surface area contributed by atoms with Gasteiger partial charge in [0.05, 0.1) is 5.02 Å². The van der Waals surface area contributed by atoms with Gasteiger partial charge in [-0.05, 0) is 37.9 Å². The summed E-state index contributed by atoms with van der Waals surface area (Å²) in [6.45, 7) is 5.01. The van der Waals surface area contributed by atoms with Gasteiger partial charge in [-0.25, -0.2) is 0 Å². The molecule has 0 atom stereocenters. The van der Waals surface area contributed by atoms with Crippen molar-refractivity contribution in [2.24, 2.45) is 5.92 Å². The first-order chi connectivity index (χ1) is 9.56. The summed E-state index contributed by atoms with van der Waals surface area (Å²) in [7, 11) is 0. The van der Waals surface area contributed by atoms with Crippen molar-refractivity contribution in [1.29, 1.82) is 0 Å². The summed E-state index contributed by atoms with van der Waals surface area (Å²) in [6.07, 6.45) is 2.14. The molecule has 1 amide bonds. The zero-order valence-corrected chi connectivity index (χ0v) is 12.5. The van der Waals surface area contributed by atoms with Crippen LogP contribution in [0.5, 0.6) is 5.75 Å². The molecule has 4 nitrogen and oxygen atoms in total. The first kappa shape index (κ1) is 15.1. The second kappa shape index (κ2) is 6.95. The molecule has 0 bridgehead atoms. The third-order valence-electron chi connectivity index (χ3n) is 3.81. The molecule has 1 aromatic carbocycles. The van der Waals surface area contributed by atoms with Crippen LogP contribution in [0.1, 0.15) is 25.3 Å². The minimum Gasteiger partial charge on any atom is -0.506 e. The number of piperidine rings is 1. The van der Waals surface area contributed by atoms with Gasteiger partial charge >= 0.3 is 0 Å². The molecule has 1 aromatic rings. The van der Waals surface area contributed by atoms with Crippen LogP contribution in [0.2, 0.25) is 5.02 Å². The zero-order chi connectivity index (χ0) is 14.5. The highest BCUT2D eigenvalue weighted by molar-refractivity contribution is 6.32. The van der Waals surface area contributed by atoms with E-state index in [1.54, 1.807) is 13.0 Å². The van der Waals surface area contributed by atoms with Crippen LogP contribution in [0.15, 0.2) is 18.2 Å². The molecule has 1 aliphatic rings. The Kier molecular flexibility index (Phi) is 5.26. The lowest BCUT2D eigenvalue weighted by atomic mass is 9.96. The lowest BCUT2D eigenvalue weighted by molar-refractivity contribution is -0.119. The van der Waals surface area contributed by atoms with Crippen LogP contribution < -0.4 is 5.32 Å². The third-order valence-corrected chi connectivity index (χ3v) is 4.12. The Morgan fingerprint density at radius 3 is 2.80 bits per heavy atom. The summed E-state index contributed by atoms with van der Waals surface area (Å²) in [5, 5.41) is 13.2. The van der Waals surface area contributed by atoms with Crippen LogP contribution in [0, 0.1) is 5.92 Å². The quantitative estimate of drug-likeness (QED) is 0.897. The lowest BCUT2D eigenvalue weighted by Crippen LogP contribution is -2.37. The van der Waals surface area contributed by atoms with E-state index in [9.17, 15) is 9.90 Å². The molecule has 0 radical (unpaired) electrons. The summed E-state index contributed by atoms with van der Waals surface area (Å²) in [4.78, 5) is 13.2. The van der Waals surface area contributed by atoms with Gasteiger partial charge in [0.2, 0.25) is 5.91 Å². The van der Waals surface area contributed by atoms with E-state index in [0.29, 0.717) is 10.9 Å². The number of amides is 1. The first-order valence-corrected chi connectivity index (χ1v) is 7.37. The Labute approximate surface area is 124 Å². The Hall–Kier alpha value is -1.26. The van der Waals surface area contributed by atoms with Gasteiger partial charge in [-0.1, -0.05) is 23.7 Å². The molecule has 0 saturated carbocycles. The number of rotatable bonds is 4. The molecule has 20 heavy (non-hydrogen) atoms. The first-order valence-electron chi connectivity index (χ1n) is 6.99. The second-order valence-corrected chi connectivity index (χ2v) is 5.81. The van der Waals surface area contributed by atoms with E-state index in [1.807, 2.05) is 12.1 Å². The molecule has 0 spiro atoms. The van der Waals surface area contributed by atoms with E-state index in [1.165, 1.54) is 0 Å². The molecule has 1 saturated heterocycles. The Morgan fingerprint density at radius 1 is 1.45 bits per heavy atom. The fraction of sp³-hybridized carbons (Fsp3) is 0.533. The Morgan fingerprint density at radius 2 is 2.15 bits per heavy atom. The highest BCUT2D eigenvalue weighted by Crippen LogP contribution is 2.29. The minimum atomic E-state index is 0.0382. The molecule has 1 aliphatic heterocycles. The van der Waals surface area contributed by atoms with Gasteiger partial charge in [-0.2, -0.15) is 0 Å². The number of para-hydroxylation sites is 1. The van der Waals surface area contributed by atoms with Crippen molar-refractivity contribution in [3.05, 3.63) is 28.8 Å². The highest BCUT2D eigenvalue weighted by atomic mass is 35.5. The summed E-state index contributed by atoms with van der Waals surface area (Å²) < 4.78 is 0. The van der Waals surface area contributed by atoms with E-state index in [4.69, 9.17) is 11.6 Å². The van der Waals surface area contributed by atoms with Crippen LogP contribution in [0.4, 0.5) is 0 Å². The van der Waals surface area contributed by atoms with E-state index in [0.717, 1.165) is 44.6 Å². The summed E-state index contributed by atoms with van der Waals surface area (Å²) in [5.41, 5.74) is 0.873. The lowest BCUT2D eigenvalue weighted by Gasteiger charge is -2.32.